The second kappa shape index (κ2) is 6.48. The zero-order chi connectivity index (χ0) is 15.7. The highest BCUT2D eigenvalue weighted by Gasteiger charge is 2.16. The molecule has 0 spiro atoms. The minimum Gasteiger partial charge on any atom is -0.383 e. The molecule has 0 aliphatic heterocycles. The number of thiophene rings is 1. The van der Waals surface area contributed by atoms with E-state index < -0.39 is 6.10 Å². The van der Waals surface area contributed by atoms with Crippen LogP contribution >= 0.6 is 33.9 Å². The molecule has 1 heterocycles. The Morgan fingerprint density at radius 3 is 2.50 bits per heavy atom. The van der Waals surface area contributed by atoms with Gasteiger partial charge in [0.2, 0.25) is 0 Å². The third kappa shape index (κ3) is 3.24. The molecule has 3 aromatic rings. The summed E-state index contributed by atoms with van der Waals surface area (Å²) in [4.78, 5) is 1.92. The van der Waals surface area contributed by atoms with Gasteiger partial charge in [0.05, 0.1) is 0 Å². The molecule has 112 valence electrons. The SMILES string of the molecule is Cc1ccc(I)cc1C(O)c1ccc(-c2ccc(F)cc2)s1. The van der Waals surface area contributed by atoms with E-state index in [2.05, 4.69) is 22.6 Å². The van der Waals surface area contributed by atoms with Crippen molar-refractivity contribution in [1.82, 2.24) is 0 Å². The Balaban J connectivity index is 1.93. The van der Waals surface area contributed by atoms with Crippen LogP contribution in [0.25, 0.3) is 10.4 Å². The number of halogens is 2. The van der Waals surface area contributed by atoms with Crippen LogP contribution in [0.3, 0.4) is 0 Å². The van der Waals surface area contributed by atoms with Crippen LogP contribution in [0.1, 0.15) is 22.1 Å². The minimum atomic E-state index is -0.631. The Bertz CT molecular complexity index is 795. The van der Waals surface area contributed by atoms with Crippen molar-refractivity contribution in [3.05, 3.63) is 80.0 Å². The average molecular weight is 424 g/mol. The summed E-state index contributed by atoms with van der Waals surface area (Å²) in [6.45, 7) is 2.00. The molecule has 1 nitrogen and oxygen atoms in total. The van der Waals surface area contributed by atoms with Crippen molar-refractivity contribution >= 4 is 33.9 Å². The molecule has 1 N–H and O–H groups in total. The Kier molecular flexibility index (Phi) is 4.61. The van der Waals surface area contributed by atoms with Gasteiger partial charge in [-0.3, -0.25) is 0 Å². The van der Waals surface area contributed by atoms with E-state index in [1.807, 2.05) is 37.3 Å². The Morgan fingerprint density at radius 1 is 1.05 bits per heavy atom. The molecule has 0 aliphatic rings. The number of rotatable bonds is 3. The summed E-state index contributed by atoms with van der Waals surface area (Å²) >= 11 is 3.78. The first-order valence-corrected chi connectivity index (χ1v) is 8.74. The Hall–Kier alpha value is -1.24. The molecular weight excluding hydrogens is 410 g/mol. The van der Waals surface area contributed by atoms with Crippen LogP contribution in [0.5, 0.6) is 0 Å². The van der Waals surface area contributed by atoms with Crippen LogP contribution in [-0.4, -0.2) is 5.11 Å². The van der Waals surface area contributed by atoms with Crippen molar-refractivity contribution in [3.63, 3.8) is 0 Å². The maximum Gasteiger partial charge on any atom is 0.123 e. The van der Waals surface area contributed by atoms with Gasteiger partial charge in [-0.15, -0.1) is 11.3 Å². The standard InChI is InChI=1S/C18H14FIOS/c1-11-2-7-14(20)10-15(11)18(21)17-9-8-16(22-17)12-3-5-13(19)6-4-12/h2-10,18,21H,1H3. The second-order valence-corrected chi connectivity index (χ2v) is 7.47. The summed E-state index contributed by atoms with van der Waals surface area (Å²) in [5, 5.41) is 10.6. The van der Waals surface area contributed by atoms with Gasteiger partial charge in [0, 0.05) is 13.3 Å². The zero-order valence-corrected chi connectivity index (χ0v) is 14.9. The van der Waals surface area contributed by atoms with Gasteiger partial charge in [0.15, 0.2) is 0 Å². The van der Waals surface area contributed by atoms with E-state index in [1.54, 1.807) is 12.1 Å². The van der Waals surface area contributed by atoms with Crippen LogP contribution in [0.4, 0.5) is 4.39 Å². The molecule has 0 fully saturated rings. The molecular formula is C18H14FIOS. The van der Waals surface area contributed by atoms with Crippen molar-refractivity contribution in [1.29, 1.82) is 0 Å². The molecule has 0 aliphatic carbocycles. The number of hydrogen-bond donors (Lipinski definition) is 1. The normalized spacial score (nSPS) is 12.4. The number of aryl methyl sites for hydroxylation is 1. The lowest BCUT2D eigenvalue weighted by Gasteiger charge is -2.12. The quantitative estimate of drug-likeness (QED) is 0.547. The number of aliphatic hydroxyl groups excluding tert-OH is 1. The van der Waals surface area contributed by atoms with Crippen LogP contribution in [0.2, 0.25) is 0 Å². The molecule has 0 bridgehead atoms. The highest BCUT2D eigenvalue weighted by Crippen LogP contribution is 2.35. The van der Waals surface area contributed by atoms with Crippen LogP contribution in [0, 0.1) is 16.3 Å². The number of aliphatic hydroxyl groups is 1. The maximum atomic E-state index is 13.0. The van der Waals surface area contributed by atoms with Gasteiger partial charge in [-0.2, -0.15) is 0 Å². The van der Waals surface area contributed by atoms with E-state index in [0.717, 1.165) is 30.0 Å². The van der Waals surface area contributed by atoms with Gasteiger partial charge < -0.3 is 5.11 Å². The average Bonchev–Trinajstić information content (AvgIpc) is 2.99. The van der Waals surface area contributed by atoms with Crippen molar-refractivity contribution in [3.8, 4) is 10.4 Å². The summed E-state index contributed by atoms with van der Waals surface area (Å²) < 4.78 is 14.1. The molecule has 0 amide bonds. The van der Waals surface area contributed by atoms with Gasteiger partial charge >= 0.3 is 0 Å². The molecule has 0 radical (unpaired) electrons. The van der Waals surface area contributed by atoms with E-state index in [4.69, 9.17) is 0 Å². The fourth-order valence-corrected chi connectivity index (χ4v) is 3.86. The Morgan fingerprint density at radius 2 is 1.77 bits per heavy atom. The van der Waals surface area contributed by atoms with E-state index in [1.165, 1.54) is 23.5 Å². The summed E-state index contributed by atoms with van der Waals surface area (Å²) in [5.74, 6) is -0.241. The summed E-state index contributed by atoms with van der Waals surface area (Å²) in [6.07, 6.45) is -0.631. The highest BCUT2D eigenvalue weighted by atomic mass is 127. The monoisotopic (exact) mass is 424 g/mol. The van der Waals surface area contributed by atoms with Gasteiger partial charge in [-0.25, -0.2) is 4.39 Å². The molecule has 3 rings (SSSR count). The first-order chi connectivity index (χ1) is 10.5. The zero-order valence-electron chi connectivity index (χ0n) is 11.9. The van der Waals surface area contributed by atoms with E-state index in [9.17, 15) is 9.50 Å². The highest BCUT2D eigenvalue weighted by molar-refractivity contribution is 14.1. The van der Waals surface area contributed by atoms with Crippen LogP contribution in [-0.2, 0) is 0 Å². The van der Waals surface area contributed by atoms with E-state index in [0.29, 0.717) is 0 Å². The fraction of sp³-hybridized carbons (Fsp3) is 0.111. The Labute approximate surface area is 146 Å². The number of benzene rings is 2. The molecule has 1 aromatic heterocycles. The third-order valence-corrected chi connectivity index (χ3v) is 5.42. The van der Waals surface area contributed by atoms with Crippen molar-refractivity contribution in [2.75, 3.05) is 0 Å². The van der Waals surface area contributed by atoms with E-state index >= 15 is 0 Å². The summed E-state index contributed by atoms with van der Waals surface area (Å²) in [5.41, 5.74) is 2.97. The topological polar surface area (TPSA) is 20.2 Å². The predicted molar refractivity (Wildman–Crippen MR) is 97.7 cm³/mol. The van der Waals surface area contributed by atoms with Crippen molar-refractivity contribution < 1.29 is 9.50 Å². The third-order valence-electron chi connectivity index (χ3n) is 3.56. The molecule has 2 aromatic carbocycles. The summed E-state index contributed by atoms with van der Waals surface area (Å²) in [6, 6.07) is 16.4. The smallest absolute Gasteiger partial charge is 0.123 e. The molecule has 22 heavy (non-hydrogen) atoms. The maximum absolute atomic E-state index is 13.0. The van der Waals surface area contributed by atoms with Crippen LogP contribution in [0.15, 0.2) is 54.6 Å². The molecule has 0 saturated heterocycles. The largest absolute Gasteiger partial charge is 0.383 e. The molecule has 1 atom stereocenters. The van der Waals surface area contributed by atoms with Gasteiger partial charge in [-0.05, 0) is 82.6 Å². The fourth-order valence-electron chi connectivity index (χ4n) is 2.33. The lowest BCUT2D eigenvalue weighted by molar-refractivity contribution is 0.223. The van der Waals surface area contributed by atoms with Crippen molar-refractivity contribution in [2.45, 2.75) is 13.0 Å². The first-order valence-electron chi connectivity index (χ1n) is 6.84. The van der Waals surface area contributed by atoms with E-state index in [-0.39, 0.29) is 5.82 Å². The second-order valence-electron chi connectivity index (χ2n) is 5.11. The number of hydrogen-bond acceptors (Lipinski definition) is 2. The molecule has 1 unspecified atom stereocenters. The van der Waals surface area contributed by atoms with Gasteiger partial charge in [0.25, 0.3) is 0 Å². The van der Waals surface area contributed by atoms with Gasteiger partial charge in [-0.1, -0.05) is 18.2 Å². The lowest BCUT2D eigenvalue weighted by Crippen LogP contribution is -2.00. The van der Waals surface area contributed by atoms with Gasteiger partial charge in [0.1, 0.15) is 11.9 Å². The van der Waals surface area contributed by atoms with Crippen molar-refractivity contribution in [2.24, 2.45) is 0 Å². The lowest BCUT2D eigenvalue weighted by atomic mass is 10.0. The van der Waals surface area contributed by atoms with Crippen LogP contribution < -0.4 is 0 Å². The minimum absolute atomic E-state index is 0.241. The first kappa shape index (κ1) is 15.6. The molecule has 4 heteroatoms. The summed E-state index contributed by atoms with van der Waals surface area (Å²) in [7, 11) is 0. The predicted octanol–water partition coefficient (Wildman–Crippen LogP) is 5.55. The molecule has 0 saturated carbocycles.